The lowest BCUT2D eigenvalue weighted by Gasteiger charge is -2.36. The summed E-state index contributed by atoms with van der Waals surface area (Å²) in [5.74, 6) is 2.87. The fraction of sp³-hybridized carbons (Fsp3) is 0.579. The highest BCUT2D eigenvalue weighted by atomic mass is 32.2. The van der Waals surface area contributed by atoms with E-state index in [4.69, 9.17) is 4.74 Å². The highest BCUT2D eigenvalue weighted by Gasteiger charge is 2.33. The van der Waals surface area contributed by atoms with Crippen LogP contribution in [0.1, 0.15) is 18.9 Å². The van der Waals surface area contributed by atoms with Gasteiger partial charge in [0.2, 0.25) is 11.8 Å². The van der Waals surface area contributed by atoms with Crippen molar-refractivity contribution in [1.82, 2.24) is 15.1 Å². The zero-order valence-electron chi connectivity index (χ0n) is 15.3. The van der Waals surface area contributed by atoms with Crippen LogP contribution < -0.4 is 10.1 Å². The number of hydrogen-bond acceptors (Lipinski definition) is 5. The summed E-state index contributed by atoms with van der Waals surface area (Å²) in [5.41, 5.74) is 1.12. The second-order valence-corrected chi connectivity index (χ2v) is 7.78. The molecule has 142 valence electrons. The number of thioether (sulfide) groups is 1. The molecular weight excluding hydrogens is 350 g/mol. The molecule has 2 heterocycles. The quantitative estimate of drug-likeness (QED) is 0.811. The van der Waals surface area contributed by atoms with E-state index in [1.165, 1.54) is 0 Å². The number of rotatable bonds is 6. The number of nitrogens with one attached hydrogen (secondary N) is 1. The number of nitrogens with zero attached hydrogens (tertiary/aromatic N) is 2. The van der Waals surface area contributed by atoms with Crippen LogP contribution in [0.4, 0.5) is 0 Å². The molecule has 0 aliphatic carbocycles. The van der Waals surface area contributed by atoms with E-state index in [1.54, 1.807) is 0 Å². The summed E-state index contributed by atoms with van der Waals surface area (Å²) < 4.78 is 5.48. The zero-order valence-corrected chi connectivity index (χ0v) is 16.1. The summed E-state index contributed by atoms with van der Waals surface area (Å²) >= 11 is 1.88. The highest BCUT2D eigenvalue weighted by molar-refractivity contribution is 7.99. The van der Waals surface area contributed by atoms with Gasteiger partial charge in [-0.05, 0) is 24.6 Å². The Morgan fingerprint density at radius 1 is 1.23 bits per heavy atom. The molecule has 26 heavy (non-hydrogen) atoms. The number of amides is 2. The van der Waals surface area contributed by atoms with Crippen molar-refractivity contribution in [1.29, 1.82) is 0 Å². The van der Waals surface area contributed by atoms with Crippen LogP contribution in [0, 0.1) is 0 Å². The first-order chi connectivity index (χ1) is 12.7. The molecule has 7 heteroatoms. The first-order valence-electron chi connectivity index (χ1n) is 9.26. The molecule has 1 unspecified atom stereocenters. The predicted octanol–water partition coefficient (Wildman–Crippen LogP) is 1.35. The molecule has 2 aliphatic heterocycles. The van der Waals surface area contributed by atoms with Gasteiger partial charge in [0.1, 0.15) is 5.75 Å². The Hall–Kier alpha value is -1.73. The third-order valence-corrected chi connectivity index (χ3v) is 5.74. The number of carbonyl (C=O) groups is 2. The fourth-order valence-electron chi connectivity index (χ4n) is 3.37. The summed E-state index contributed by atoms with van der Waals surface area (Å²) in [4.78, 5) is 29.0. The van der Waals surface area contributed by atoms with Gasteiger partial charge in [0.15, 0.2) is 0 Å². The molecule has 0 bridgehead atoms. The van der Waals surface area contributed by atoms with Crippen molar-refractivity contribution in [2.24, 2.45) is 0 Å². The Labute approximate surface area is 159 Å². The van der Waals surface area contributed by atoms with Gasteiger partial charge in [-0.2, -0.15) is 11.8 Å². The second-order valence-electron chi connectivity index (χ2n) is 6.55. The lowest BCUT2D eigenvalue weighted by atomic mass is 10.1. The van der Waals surface area contributed by atoms with Gasteiger partial charge in [0.05, 0.1) is 19.1 Å². The lowest BCUT2D eigenvalue weighted by Crippen LogP contribution is -2.56. The van der Waals surface area contributed by atoms with Crippen LogP contribution in [0.5, 0.6) is 5.75 Å². The molecule has 2 aliphatic rings. The van der Waals surface area contributed by atoms with Crippen molar-refractivity contribution in [3.05, 3.63) is 29.8 Å². The van der Waals surface area contributed by atoms with E-state index in [0.717, 1.165) is 42.5 Å². The first kappa shape index (κ1) is 19.0. The number of hydrogen-bond donors (Lipinski definition) is 1. The normalized spacial score (nSPS) is 21.3. The van der Waals surface area contributed by atoms with Gasteiger partial charge in [-0.1, -0.05) is 12.1 Å². The van der Waals surface area contributed by atoms with Crippen molar-refractivity contribution in [3.63, 3.8) is 0 Å². The van der Waals surface area contributed by atoms with Gasteiger partial charge in [0.25, 0.3) is 0 Å². The van der Waals surface area contributed by atoms with Crippen molar-refractivity contribution in [2.75, 3.05) is 44.3 Å². The Morgan fingerprint density at radius 3 is 2.65 bits per heavy atom. The van der Waals surface area contributed by atoms with Crippen LogP contribution in [-0.2, 0) is 16.1 Å². The topological polar surface area (TPSA) is 61.9 Å². The van der Waals surface area contributed by atoms with Crippen molar-refractivity contribution < 1.29 is 14.3 Å². The minimum Gasteiger partial charge on any atom is -0.494 e. The fourth-order valence-corrected chi connectivity index (χ4v) is 4.28. The molecule has 1 aromatic rings. The third kappa shape index (κ3) is 4.92. The minimum atomic E-state index is -0.391. The van der Waals surface area contributed by atoms with E-state index in [1.807, 2.05) is 47.9 Å². The molecule has 0 spiro atoms. The summed E-state index contributed by atoms with van der Waals surface area (Å²) in [6.45, 7) is 6.22. The molecule has 2 fully saturated rings. The molecule has 1 aromatic carbocycles. The van der Waals surface area contributed by atoms with Crippen LogP contribution in [0.15, 0.2) is 24.3 Å². The smallest absolute Gasteiger partial charge is 0.237 e. The van der Waals surface area contributed by atoms with E-state index >= 15 is 0 Å². The predicted molar refractivity (Wildman–Crippen MR) is 103 cm³/mol. The monoisotopic (exact) mass is 377 g/mol. The van der Waals surface area contributed by atoms with E-state index < -0.39 is 6.04 Å². The van der Waals surface area contributed by atoms with E-state index in [2.05, 4.69) is 10.2 Å². The van der Waals surface area contributed by atoms with Crippen LogP contribution in [0.2, 0.25) is 0 Å². The third-order valence-electron chi connectivity index (χ3n) is 4.79. The Balaban J connectivity index is 1.63. The van der Waals surface area contributed by atoms with Crippen LogP contribution in [-0.4, -0.2) is 71.9 Å². The Bertz CT molecular complexity index is 617. The van der Waals surface area contributed by atoms with Gasteiger partial charge in [0, 0.05) is 44.2 Å². The number of piperazine rings is 1. The summed E-state index contributed by atoms with van der Waals surface area (Å²) in [6, 6.07) is 7.57. The van der Waals surface area contributed by atoms with Gasteiger partial charge in [-0.15, -0.1) is 0 Å². The molecule has 2 amide bonds. The van der Waals surface area contributed by atoms with Gasteiger partial charge >= 0.3 is 0 Å². The van der Waals surface area contributed by atoms with E-state index in [0.29, 0.717) is 19.7 Å². The maximum atomic E-state index is 12.6. The van der Waals surface area contributed by atoms with Crippen LogP contribution in [0.25, 0.3) is 0 Å². The Kier molecular flexibility index (Phi) is 6.80. The molecule has 6 nitrogen and oxygen atoms in total. The number of ether oxygens (including phenoxy) is 1. The lowest BCUT2D eigenvalue weighted by molar-refractivity contribution is -0.138. The number of carbonyl (C=O) groups excluding carboxylic acids is 2. The molecule has 1 N–H and O–H groups in total. The van der Waals surface area contributed by atoms with Crippen molar-refractivity contribution in [2.45, 2.75) is 25.9 Å². The summed E-state index contributed by atoms with van der Waals surface area (Å²) in [7, 11) is 0. The molecule has 1 atom stereocenters. The van der Waals surface area contributed by atoms with Gasteiger partial charge < -0.3 is 15.0 Å². The summed E-state index contributed by atoms with van der Waals surface area (Å²) in [5, 5.41) is 2.91. The molecule has 0 saturated carbocycles. The van der Waals surface area contributed by atoms with E-state index in [-0.39, 0.29) is 18.2 Å². The number of benzene rings is 1. The van der Waals surface area contributed by atoms with Crippen LogP contribution >= 0.6 is 11.8 Å². The maximum Gasteiger partial charge on any atom is 0.237 e. The second kappa shape index (κ2) is 9.28. The van der Waals surface area contributed by atoms with Crippen molar-refractivity contribution in [3.8, 4) is 5.75 Å². The molecule has 2 saturated heterocycles. The largest absolute Gasteiger partial charge is 0.494 e. The SMILES string of the molecule is CCOc1ccc(CN2CCNC(=O)C2CC(=O)N2CCSCC2)cc1. The van der Waals surface area contributed by atoms with E-state index in [9.17, 15) is 9.59 Å². The molecular formula is C19H27N3O3S. The average Bonchev–Trinajstić information content (AvgIpc) is 2.67. The minimum absolute atomic E-state index is 0.0399. The maximum absolute atomic E-state index is 12.6. The van der Waals surface area contributed by atoms with Crippen molar-refractivity contribution >= 4 is 23.6 Å². The summed E-state index contributed by atoms with van der Waals surface area (Å²) in [6.07, 6.45) is 0.257. The van der Waals surface area contributed by atoms with Crippen LogP contribution in [0.3, 0.4) is 0 Å². The van der Waals surface area contributed by atoms with Gasteiger partial charge in [-0.3, -0.25) is 14.5 Å². The van der Waals surface area contributed by atoms with Gasteiger partial charge in [-0.25, -0.2) is 0 Å². The molecule has 3 rings (SSSR count). The Morgan fingerprint density at radius 2 is 1.96 bits per heavy atom. The highest BCUT2D eigenvalue weighted by Crippen LogP contribution is 2.19. The standard InChI is InChI=1S/C19H27N3O3S/c1-2-25-16-5-3-15(4-6-16)14-22-8-7-20-19(24)17(22)13-18(23)21-9-11-26-12-10-21/h3-6,17H,2,7-14H2,1H3,(H,20,24). The zero-order chi connectivity index (χ0) is 18.4. The first-order valence-corrected chi connectivity index (χ1v) is 10.4. The molecule has 0 radical (unpaired) electrons. The molecule has 0 aromatic heterocycles. The average molecular weight is 378 g/mol.